The Balaban J connectivity index is 0.000000514. The van der Waals surface area contributed by atoms with E-state index in [2.05, 4.69) is 23.5 Å². The molecule has 0 amide bonds. The van der Waals surface area contributed by atoms with Gasteiger partial charge in [-0.3, -0.25) is 4.79 Å². The predicted molar refractivity (Wildman–Crippen MR) is 70.3 cm³/mol. The van der Waals surface area contributed by atoms with Crippen molar-refractivity contribution < 1.29 is 4.79 Å². The van der Waals surface area contributed by atoms with Gasteiger partial charge in [0.1, 0.15) is 5.78 Å². The van der Waals surface area contributed by atoms with E-state index >= 15 is 0 Å². The number of piperidine rings is 1. The van der Waals surface area contributed by atoms with Gasteiger partial charge in [0.2, 0.25) is 0 Å². The third kappa shape index (κ3) is 1.91. The zero-order valence-corrected chi connectivity index (χ0v) is 10.8. The average molecular weight is 231 g/mol. The van der Waals surface area contributed by atoms with Crippen LogP contribution in [0.2, 0.25) is 0 Å². The summed E-state index contributed by atoms with van der Waals surface area (Å²) in [6.07, 6.45) is 2.60. The molecule has 2 nitrogen and oxygen atoms in total. The minimum Gasteiger partial charge on any atom is -0.317 e. The summed E-state index contributed by atoms with van der Waals surface area (Å²) in [6.45, 7) is 5.94. The summed E-state index contributed by atoms with van der Waals surface area (Å²) in [6, 6.07) is 8.34. The van der Waals surface area contributed by atoms with E-state index in [0.717, 1.165) is 25.9 Å². The molecule has 0 unspecified atom stereocenters. The van der Waals surface area contributed by atoms with Crippen molar-refractivity contribution in [2.24, 2.45) is 0 Å². The van der Waals surface area contributed by atoms with Gasteiger partial charge in [-0.1, -0.05) is 38.1 Å². The van der Waals surface area contributed by atoms with E-state index in [1.807, 2.05) is 19.9 Å². The van der Waals surface area contributed by atoms with E-state index in [0.29, 0.717) is 12.2 Å². The van der Waals surface area contributed by atoms with Crippen molar-refractivity contribution in [3.63, 3.8) is 0 Å². The van der Waals surface area contributed by atoms with Crippen LogP contribution in [0.25, 0.3) is 0 Å². The summed E-state index contributed by atoms with van der Waals surface area (Å²) >= 11 is 0. The molecule has 1 heterocycles. The third-order valence-electron chi connectivity index (χ3n) is 3.87. The second-order valence-electron chi connectivity index (χ2n) is 4.59. The molecule has 0 saturated carbocycles. The minimum atomic E-state index is -0.137. The summed E-state index contributed by atoms with van der Waals surface area (Å²) in [5, 5.41) is 3.34. The first kappa shape index (κ1) is 12.3. The van der Waals surface area contributed by atoms with E-state index in [4.69, 9.17) is 0 Å². The van der Waals surface area contributed by atoms with Crippen LogP contribution in [0, 0.1) is 0 Å². The lowest BCUT2D eigenvalue weighted by atomic mass is 9.73. The highest BCUT2D eigenvalue weighted by Crippen LogP contribution is 2.42. The van der Waals surface area contributed by atoms with Gasteiger partial charge in [0.05, 0.1) is 5.41 Å². The second-order valence-corrected chi connectivity index (χ2v) is 4.59. The standard InChI is InChI=1S/C13H15NO.C2H6/c15-12-9-10-3-1-2-4-11(10)13(12)5-7-14-8-6-13;1-2/h1-4,14H,5-9H2;1-2H3. The molecule has 2 heteroatoms. The number of nitrogens with one attached hydrogen (secondary N) is 1. The normalized spacial score (nSPS) is 20.7. The lowest BCUT2D eigenvalue weighted by molar-refractivity contribution is -0.123. The van der Waals surface area contributed by atoms with Crippen LogP contribution in [0.3, 0.4) is 0 Å². The molecule has 1 saturated heterocycles. The largest absolute Gasteiger partial charge is 0.317 e. The molecule has 1 spiro atoms. The summed E-state index contributed by atoms with van der Waals surface area (Å²) < 4.78 is 0. The van der Waals surface area contributed by atoms with Gasteiger partial charge in [0.25, 0.3) is 0 Å². The highest BCUT2D eigenvalue weighted by Gasteiger charge is 2.46. The zero-order valence-electron chi connectivity index (χ0n) is 10.8. The molecule has 1 N–H and O–H groups in total. The number of ketones is 1. The maximum absolute atomic E-state index is 12.2. The molecular formula is C15H21NO. The van der Waals surface area contributed by atoms with Crippen LogP contribution >= 0.6 is 0 Å². The van der Waals surface area contributed by atoms with Crippen LogP contribution in [0.1, 0.15) is 37.8 Å². The van der Waals surface area contributed by atoms with Gasteiger partial charge in [-0.25, -0.2) is 0 Å². The van der Waals surface area contributed by atoms with Crippen molar-refractivity contribution in [3.8, 4) is 0 Å². The fourth-order valence-corrected chi connectivity index (χ4v) is 3.04. The Bertz CT molecular complexity index is 405. The summed E-state index contributed by atoms with van der Waals surface area (Å²) in [5.41, 5.74) is 2.42. The number of carbonyl (C=O) groups excluding carboxylic acids is 1. The number of carbonyl (C=O) groups is 1. The first-order chi connectivity index (χ1) is 8.33. The second kappa shape index (κ2) is 5.01. The Morgan fingerprint density at radius 1 is 1.12 bits per heavy atom. The molecule has 2 aliphatic rings. The topological polar surface area (TPSA) is 29.1 Å². The lowest BCUT2D eigenvalue weighted by Crippen LogP contribution is -2.43. The Morgan fingerprint density at radius 2 is 1.76 bits per heavy atom. The van der Waals surface area contributed by atoms with Crippen molar-refractivity contribution in [2.75, 3.05) is 13.1 Å². The summed E-state index contributed by atoms with van der Waals surface area (Å²) in [5.74, 6) is 0.435. The van der Waals surface area contributed by atoms with Crippen molar-refractivity contribution in [3.05, 3.63) is 35.4 Å². The van der Waals surface area contributed by atoms with Gasteiger partial charge in [-0.05, 0) is 37.1 Å². The number of Topliss-reactive ketones (excluding diaryl/α,β-unsaturated/α-hetero) is 1. The maximum Gasteiger partial charge on any atom is 0.147 e. The van der Waals surface area contributed by atoms with Crippen molar-refractivity contribution in [2.45, 2.75) is 38.5 Å². The lowest BCUT2D eigenvalue weighted by Gasteiger charge is -2.33. The first-order valence-electron chi connectivity index (χ1n) is 6.65. The van der Waals surface area contributed by atoms with Crippen LogP contribution in [-0.2, 0) is 16.6 Å². The van der Waals surface area contributed by atoms with E-state index in [9.17, 15) is 4.79 Å². The average Bonchev–Trinajstić information content (AvgIpc) is 2.67. The number of fused-ring (bicyclic) bond motifs is 2. The van der Waals surface area contributed by atoms with Crippen LogP contribution < -0.4 is 5.32 Å². The van der Waals surface area contributed by atoms with Gasteiger partial charge in [-0.15, -0.1) is 0 Å². The van der Waals surface area contributed by atoms with Gasteiger partial charge >= 0.3 is 0 Å². The quantitative estimate of drug-likeness (QED) is 0.743. The number of hydrogen-bond acceptors (Lipinski definition) is 2. The van der Waals surface area contributed by atoms with E-state index in [1.54, 1.807) is 0 Å². The smallest absolute Gasteiger partial charge is 0.147 e. The van der Waals surface area contributed by atoms with E-state index < -0.39 is 0 Å². The molecule has 0 radical (unpaired) electrons. The van der Waals surface area contributed by atoms with Gasteiger partial charge in [-0.2, -0.15) is 0 Å². The predicted octanol–water partition coefficient (Wildman–Crippen LogP) is 2.46. The number of hydrogen-bond donors (Lipinski definition) is 1. The van der Waals surface area contributed by atoms with Crippen molar-refractivity contribution in [1.29, 1.82) is 0 Å². The highest BCUT2D eigenvalue weighted by atomic mass is 16.1. The van der Waals surface area contributed by atoms with Gasteiger partial charge in [0.15, 0.2) is 0 Å². The Morgan fingerprint density at radius 3 is 2.47 bits per heavy atom. The maximum atomic E-state index is 12.2. The monoisotopic (exact) mass is 231 g/mol. The van der Waals surface area contributed by atoms with E-state index in [-0.39, 0.29) is 5.41 Å². The van der Waals surface area contributed by atoms with Gasteiger partial charge in [0, 0.05) is 6.42 Å². The minimum absolute atomic E-state index is 0.137. The zero-order chi connectivity index (χ0) is 12.3. The molecule has 0 atom stereocenters. The fraction of sp³-hybridized carbons (Fsp3) is 0.533. The molecule has 1 aliphatic heterocycles. The first-order valence-corrected chi connectivity index (χ1v) is 6.65. The molecule has 1 fully saturated rings. The van der Waals surface area contributed by atoms with Crippen molar-refractivity contribution in [1.82, 2.24) is 5.32 Å². The van der Waals surface area contributed by atoms with Crippen LogP contribution in [0.4, 0.5) is 0 Å². The van der Waals surface area contributed by atoms with E-state index in [1.165, 1.54) is 11.1 Å². The van der Waals surface area contributed by atoms with Crippen LogP contribution in [0.15, 0.2) is 24.3 Å². The summed E-state index contributed by atoms with van der Waals surface area (Å²) in [4.78, 5) is 12.2. The molecule has 92 valence electrons. The molecule has 0 aromatic heterocycles. The Hall–Kier alpha value is -1.15. The fourth-order valence-electron chi connectivity index (χ4n) is 3.04. The molecule has 0 bridgehead atoms. The molecular weight excluding hydrogens is 210 g/mol. The Kier molecular flexibility index (Phi) is 3.63. The van der Waals surface area contributed by atoms with Crippen LogP contribution in [0.5, 0.6) is 0 Å². The molecule has 1 aromatic rings. The van der Waals surface area contributed by atoms with Crippen LogP contribution in [-0.4, -0.2) is 18.9 Å². The number of rotatable bonds is 0. The van der Waals surface area contributed by atoms with Gasteiger partial charge < -0.3 is 5.32 Å². The molecule has 17 heavy (non-hydrogen) atoms. The van der Waals surface area contributed by atoms with Crippen molar-refractivity contribution >= 4 is 5.78 Å². The Labute approximate surface area is 103 Å². The highest BCUT2D eigenvalue weighted by molar-refractivity contribution is 5.96. The number of benzene rings is 1. The molecule has 3 rings (SSSR count). The summed E-state index contributed by atoms with van der Waals surface area (Å²) in [7, 11) is 0. The third-order valence-corrected chi connectivity index (χ3v) is 3.87. The molecule has 1 aromatic carbocycles. The SMILES string of the molecule is CC.O=C1Cc2ccccc2C12CCNCC2. The molecule has 1 aliphatic carbocycles.